The molecule has 0 saturated heterocycles. The van der Waals surface area contributed by atoms with Gasteiger partial charge in [-0.2, -0.15) is 0 Å². The zero-order chi connectivity index (χ0) is 2.00. The third kappa shape index (κ3) is 10.2. The van der Waals surface area contributed by atoms with Crippen molar-refractivity contribution in [1.29, 1.82) is 0 Å². The molecular weight excluding hydrogens is 161 g/mol. The molecule has 0 heterocycles. The van der Waals surface area contributed by atoms with Crippen molar-refractivity contribution < 1.29 is 36.1 Å². The number of hydrogen-bond acceptors (Lipinski definition) is 1. The van der Waals surface area contributed by atoms with Gasteiger partial charge < -0.3 is 0 Å². The molecule has 0 bridgehead atoms. The van der Waals surface area contributed by atoms with Gasteiger partial charge >= 0.3 is 19.3 Å². The van der Waals surface area contributed by atoms with E-state index in [2.05, 4.69) is 15.4 Å². The van der Waals surface area contributed by atoms with Gasteiger partial charge in [0.2, 0.25) is 0 Å². The van der Waals surface area contributed by atoms with Crippen LogP contribution in [0.2, 0.25) is 0 Å². The molecule has 4 heteroatoms. The first-order chi connectivity index (χ1) is 1.00. The second-order valence-electron chi connectivity index (χ2n) is 0. The van der Waals surface area contributed by atoms with E-state index in [-0.39, 0.29) is 34.1 Å². The average Bonchev–Trinajstić information content (AvgIpc) is 1.00. The Bertz CT molecular complexity index is 8.00. The molecular formula is H3AlCoNiO. The van der Waals surface area contributed by atoms with Gasteiger partial charge in [0.05, 0.1) is 0 Å². The number of hydrogen-bond donors (Lipinski definition) is 0. The summed E-state index contributed by atoms with van der Waals surface area (Å²) < 4.78 is 7.88. The van der Waals surface area contributed by atoms with Crippen LogP contribution in [0, 0.1) is 0 Å². The van der Waals surface area contributed by atoms with Crippen LogP contribution < -0.4 is 0 Å². The Hall–Kier alpha value is 1.33. The summed E-state index contributed by atoms with van der Waals surface area (Å²) in [5.41, 5.74) is 0. The summed E-state index contributed by atoms with van der Waals surface area (Å²) in [6, 6.07) is 0. The van der Waals surface area contributed by atoms with E-state index in [4.69, 9.17) is 3.90 Å². The standard InChI is InChI=1S/Al.Co.Ni.O.3H. The fourth-order valence-electron chi connectivity index (χ4n) is 0. The van der Waals surface area contributed by atoms with Crippen LogP contribution in [0.5, 0.6) is 0 Å². The zero-order valence-corrected chi connectivity index (χ0v) is 3.09. The van der Waals surface area contributed by atoms with Crippen LogP contribution >= 0.6 is 0 Å². The predicted molar refractivity (Wildman–Crippen MR) is 10.6 cm³/mol. The van der Waals surface area contributed by atoms with E-state index >= 15 is 0 Å². The molecule has 0 aliphatic carbocycles. The Balaban J connectivity index is -0.00000000500. The third-order valence-corrected chi connectivity index (χ3v) is 0. The van der Waals surface area contributed by atoms with Crippen LogP contribution in [0.4, 0.5) is 0 Å². The molecule has 1 radical (unpaired) electrons. The molecule has 0 spiro atoms. The first kappa shape index (κ1) is 18.4. The van der Waals surface area contributed by atoms with E-state index in [0.29, 0.717) is 0 Å². The maximum atomic E-state index is 7.88. The van der Waals surface area contributed by atoms with Gasteiger partial charge in [0.15, 0.2) is 17.4 Å². The van der Waals surface area contributed by atoms with Gasteiger partial charge in [0.1, 0.15) is 0 Å². The molecule has 0 atom stereocenters. The molecule has 0 aliphatic rings. The van der Waals surface area contributed by atoms with Crippen molar-refractivity contribution >= 4 is 17.4 Å². The van der Waals surface area contributed by atoms with Crippen molar-refractivity contribution in [3.05, 3.63) is 0 Å². The molecule has 0 aromatic rings. The molecule has 4 heavy (non-hydrogen) atoms. The van der Waals surface area contributed by atoms with E-state index in [1.54, 1.807) is 0 Å². The summed E-state index contributed by atoms with van der Waals surface area (Å²) in [4.78, 5) is 0. The first-order valence-corrected chi connectivity index (χ1v) is 0.532. The van der Waals surface area contributed by atoms with E-state index in [1.807, 2.05) is 0 Å². The minimum atomic E-state index is 0. The second-order valence-corrected chi connectivity index (χ2v) is 0. The first-order valence-electron chi connectivity index (χ1n) is 0.129. The number of rotatable bonds is 0. The van der Waals surface area contributed by atoms with Crippen LogP contribution in [0.1, 0.15) is 0 Å². The Labute approximate surface area is 53.4 Å². The van der Waals surface area contributed by atoms with E-state index in [9.17, 15) is 0 Å². The molecule has 0 aromatic carbocycles. The van der Waals surface area contributed by atoms with Crippen LogP contribution in [0.3, 0.4) is 0 Å². The molecule has 0 N–H and O–H groups in total. The fourth-order valence-corrected chi connectivity index (χ4v) is 0. The van der Waals surface area contributed by atoms with Gasteiger partial charge in [-0.25, -0.2) is 0 Å². The van der Waals surface area contributed by atoms with E-state index < -0.39 is 0 Å². The molecule has 0 saturated carbocycles. The molecule has 0 amide bonds. The summed E-state index contributed by atoms with van der Waals surface area (Å²) in [6.07, 6.45) is 0. The Morgan fingerprint density at radius 1 is 1.25 bits per heavy atom. The Kier molecular flexibility index (Phi) is 125. The van der Waals surface area contributed by atoms with Crippen molar-refractivity contribution in [2.24, 2.45) is 0 Å². The zero-order valence-electron chi connectivity index (χ0n) is 1.06. The predicted octanol–water partition coefficient (Wildman–Crippen LogP) is -1.31. The normalized spacial score (nSPS) is 1.50. The maximum absolute atomic E-state index is 7.88. The van der Waals surface area contributed by atoms with Crippen LogP contribution in [-0.4, -0.2) is 17.4 Å². The van der Waals surface area contributed by atoms with Gasteiger partial charge in [0, 0.05) is 16.8 Å². The fraction of sp³-hybridized carbons (Fsp3) is 0. The quantitative estimate of drug-likeness (QED) is 0.406. The van der Waals surface area contributed by atoms with Crippen LogP contribution in [0.15, 0.2) is 0 Å². The summed E-state index contributed by atoms with van der Waals surface area (Å²) in [5, 5.41) is 0. The van der Waals surface area contributed by atoms with Crippen molar-refractivity contribution in [1.82, 2.24) is 0 Å². The molecule has 1 nitrogen and oxygen atoms in total. The summed E-state index contributed by atoms with van der Waals surface area (Å²) in [5.74, 6) is 0. The van der Waals surface area contributed by atoms with Crippen molar-refractivity contribution in [3.8, 4) is 0 Å². The third-order valence-electron chi connectivity index (χ3n) is 0. The molecule has 0 aromatic heterocycles. The molecule has 0 rings (SSSR count). The van der Waals surface area contributed by atoms with Gasteiger partial charge in [-0.3, -0.25) is 0 Å². The SMILES string of the molecule is [AlH3].[Co].[O]=[Ni]. The summed E-state index contributed by atoms with van der Waals surface area (Å²) in [7, 11) is 0. The van der Waals surface area contributed by atoms with Crippen LogP contribution in [0.25, 0.3) is 0 Å². The van der Waals surface area contributed by atoms with Gasteiger partial charge in [-0.1, -0.05) is 0 Å². The van der Waals surface area contributed by atoms with Crippen molar-refractivity contribution in [3.63, 3.8) is 0 Å². The van der Waals surface area contributed by atoms with E-state index in [1.165, 1.54) is 0 Å². The summed E-state index contributed by atoms with van der Waals surface area (Å²) in [6.45, 7) is 0. The van der Waals surface area contributed by atoms with E-state index in [0.717, 1.165) is 0 Å². The molecule has 0 fully saturated rings. The average molecular weight is 164 g/mol. The van der Waals surface area contributed by atoms with Gasteiger partial charge in [-0.15, -0.1) is 0 Å². The van der Waals surface area contributed by atoms with Crippen molar-refractivity contribution in [2.75, 3.05) is 0 Å². The van der Waals surface area contributed by atoms with Gasteiger partial charge in [0.25, 0.3) is 0 Å². The Morgan fingerprint density at radius 3 is 1.25 bits per heavy atom. The second kappa shape index (κ2) is 27.1. The minimum absolute atomic E-state index is 0. The molecule has 31 valence electrons. The van der Waals surface area contributed by atoms with Crippen LogP contribution in [-0.2, 0) is 36.1 Å². The topological polar surface area (TPSA) is 17.1 Å². The molecule has 0 aliphatic heterocycles. The summed E-state index contributed by atoms with van der Waals surface area (Å²) >= 11 is 2.62. The van der Waals surface area contributed by atoms with Gasteiger partial charge in [-0.05, 0) is 0 Å². The monoisotopic (exact) mass is 163 g/mol. The van der Waals surface area contributed by atoms with Crippen molar-refractivity contribution in [2.45, 2.75) is 0 Å². The molecule has 0 unspecified atom stereocenters. The Morgan fingerprint density at radius 2 is 1.25 bits per heavy atom.